The molecule has 202 valence electrons. The Morgan fingerprint density at radius 2 is 1.71 bits per heavy atom. The highest BCUT2D eigenvalue weighted by atomic mass is 35.5. The average molecular weight is 598 g/mol. The summed E-state index contributed by atoms with van der Waals surface area (Å²) in [5, 5.41) is 21.8. The summed E-state index contributed by atoms with van der Waals surface area (Å²) in [5.41, 5.74) is 2.86. The van der Waals surface area contributed by atoms with Crippen LogP contribution in [0.2, 0.25) is 10.0 Å². The Hall–Kier alpha value is -3.68. The summed E-state index contributed by atoms with van der Waals surface area (Å²) < 4.78 is 67.8. The van der Waals surface area contributed by atoms with Crippen LogP contribution < -0.4 is 10.6 Å². The Balaban J connectivity index is 2.06. The maximum absolute atomic E-state index is 13.4. The first-order chi connectivity index (χ1) is 17.4. The van der Waals surface area contributed by atoms with Crippen LogP contribution in [-0.4, -0.2) is 36.9 Å². The zero-order chi connectivity index (χ0) is 28.3. The summed E-state index contributed by atoms with van der Waals surface area (Å²) in [6, 6.07) is 1.54. The lowest BCUT2D eigenvalue weighted by atomic mass is 9.94. The van der Waals surface area contributed by atoms with E-state index in [1.54, 1.807) is 6.07 Å². The molecule has 2 heterocycles. The topological polar surface area (TPSA) is 151 Å². The van der Waals surface area contributed by atoms with E-state index in [1.165, 1.54) is 18.7 Å². The minimum Gasteiger partial charge on any atom is -0.465 e. The van der Waals surface area contributed by atoms with Crippen molar-refractivity contribution in [3.05, 3.63) is 57.7 Å². The van der Waals surface area contributed by atoms with Crippen LogP contribution in [0.4, 0.5) is 30.0 Å². The van der Waals surface area contributed by atoms with Gasteiger partial charge in [-0.15, -0.1) is 0 Å². The first-order valence-electron chi connectivity index (χ1n) is 10.2. The molecule has 3 aromatic rings. The maximum Gasteiger partial charge on any atom is 0.413 e. The molecule has 1 aromatic carbocycles. The lowest BCUT2D eigenvalue weighted by Crippen LogP contribution is -2.35. The van der Waals surface area contributed by atoms with E-state index in [0.717, 1.165) is 0 Å². The number of benzene rings is 1. The monoisotopic (exact) mass is 597 g/mol. The summed E-state index contributed by atoms with van der Waals surface area (Å²) >= 11 is 12.0. The third-order valence-corrected chi connectivity index (χ3v) is 7.46. The van der Waals surface area contributed by atoms with Gasteiger partial charge >= 0.3 is 16.3 Å². The van der Waals surface area contributed by atoms with Crippen LogP contribution in [0, 0.1) is 11.3 Å². The summed E-state index contributed by atoms with van der Waals surface area (Å²) in [6.45, 7) is -0.493. The second kappa shape index (κ2) is 8.16. The predicted molar refractivity (Wildman–Crippen MR) is 126 cm³/mol. The Morgan fingerprint density at radius 3 is 2.13 bits per heavy atom. The molecule has 1 fully saturated rings. The number of nitriles is 1. The number of anilines is 1. The number of primary amides is 1. The van der Waals surface area contributed by atoms with Crippen LogP contribution in [-0.2, 0) is 16.8 Å². The first-order valence-corrected chi connectivity index (χ1v) is 12.9. The highest BCUT2D eigenvalue weighted by Crippen LogP contribution is 3.02. The third-order valence-electron chi connectivity index (χ3n) is 5.76. The van der Waals surface area contributed by atoms with Gasteiger partial charge in [0.25, 0.3) is 0 Å². The molecule has 0 bridgehead atoms. The molecule has 1 aliphatic carbocycles. The summed E-state index contributed by atoms with van der Waals surface area (Å²) in [5.74, 6) is -1.42. The van der Waals surface area contributed by atoms with Gasteiger partial charge in [-0.3, -0.25) is 9.69 Å². The van der Waals surface area contributed by atoms with E-state index in [1.807, 2.05) is 0 Å². The third kappa shape index (κ3) is 4.79. The molecule has 18 heteroatoms. The molecular formula is C20H14Cl2F5N7O3S. The number of carbonyl (C=O) groups is 2. The van der Waals surface area contributed by atoms with Gasteiger partial charge < -0.3 is 10.8 Å². The normalized spacial score (nSPS) is 16.2. The second-order valence-corrected chi connectivity index (χ2v) is 11.6. The highest BCUT2D eigenvalue weighted by molar-refractivity contribution is 8.45. The largest absolute Gasteiger partial charge is 0.465 e. The van der Waals surface area contributed by atoms with Crippen molar-refractivity contribution in [1.82, 2.24) is 19.7 Å². The fourth-order valence-corrected chi connectivity index (χ4v) is 5.33. The lowest BCUT2D eigenvalue weighted by molar-refractivity contribution is -0.120. The molecule has 1 saturated carbocycles. The van der Waals surface area contributed by atoms with Gasteiger partial charge in [-0.25, -0.2) is 19.4 Å². The van der Waals surface area contributed by atoms with Gasteiger partial charge in [-0.1, -0.05) is 42.6 Å². The average Bonchev–Trinajstić information content (AvgIpc) is 3.52. The molecule has 0 saturated heterocycles. The minimum absolute atomic E-state index is 0.0847. The van der Waals surface area contributed by atoms with Gasteiger partial charge in [0, 0.05) is 23.5 Å². The van der Waals surface area contributed by atoms with Gasteiger partial charge in [0.2, 0.25) is 5.91 Å². The zero-order valence-electron chi connectivity index (χ0n) is 18.6. The number of amides is 2. The van der Waals surface area contributed by atoms with Crippen LogP contribution >= 0.6 is 33.4 Å². The number of hydrogen-bond acceptors (Lipinski definition) is 6. The molecule has 0 atom stereocenters. The Bertz CT molecular complexity index is 1520. The lowest BCUT2D eigenvalue weighted by Gasteiger charge is -2.40. The zero-order valence-corrected chi connectivity index (χ0v) is 20.9. The van der Waals surface area contributed by atoms with Crippen molar-refractivity contribution in [3.63, 3.8) is 0 Å². The van der Waals surface area contributed by atoms with E-state index >= 15 is 0 Å². The van der Waals surface area contributed by atoms with E-state index in [2.05, 4.69) is 15.1 Å². The molecule has 0 spiro atoms. The number of carbonyl (C=O) groups excluding carboxylic acids is 1. The van der Waals surface area contributed by atoms with Crippen LogP contribution in [0.5, 0.6) is 0 Å². The Labute approximate surface area is 220 Å². The van der Waals surface area contributed by atoms with Crippen molar-refractivity contribution in [2.24, 2.45) is 5.73 Å². The van der Waals surface area contributed by atoms with Crippen molar-refractivity contribution < 1.29 is 34.1 Å². The van der Waals surface area contributed by atoms with E-state index in [9.17, 15) is 39.4 Å². The second-order valence-electron chi connectivity index (χ2n) is 8.34. The minimum atomic E-state index is -10.2. The van der Waals surface area contributed by atoms with E-state index in [-0.39, 0.29) is 36.1 Å². The van der Waals surface area contributed by atoms with E-state index in [4.69, 9.17) is 28.9 Å². The molecule has 2 amide bonds. The van der Waals surface area contributed by atoms with Crippen LogP contribution in [0.15, 0.2) is 35.7 Å². The van der Waals surface area contributed by atoms with Gasteiger partial charge in [-0.05, 0) is 25.0 Å². The Kier molecular flexibility index (Phi) is 5.87. The molecular weight excluding hydrogens is 584 g/mol. The predicted octanol–water partition coefficient (Wildman–Crippen LogP) is 5.70. The Morgan fingerprint density at radius 1 is 1.16 bits per heavy atom. The molecule has 2 aromatic heterocycles. The van der Waals surface area contributed by atoms with Crippen LogP contribution in [0.3, 0.4) is 0 Å². The molecule has 38 heavy (non-hydrogen) atoms. The van der Waals surface area contributed by atoms with Gasteiger partial charge in [-0.2, -0.15) is 10.4 Å². The van der Waals surface area contributed by atoms with Crippen molar-refractivity contribution in [2.45, 2.75) is 29.7 Å². The number of hydrogen-bond donors (Lipinski definition) is 2. The van der Waals surface area contributed by atoms with Gasteiger partial charge in [0.1, 0.15) is 28.8 Å². The standard InChI is InChI=1S/C20H14Cl2F5N7O3S/c21-12-3-11(38(23,24,25,26)27)4-13(22)16(12)34-17(33(19(36)37)8-10-6-30-9-31-7-10)15(14(5-28)32-34)20(1-2-20)18(29)35/h3-4,6-7,9H,1-2,8H2,(H2,29,35)(H,36,37). The quantitative estimate of drug-likeness (QED) is 0.331. The van der Waals surface area contributed by atoms with Crippen molar-refractivity contribution in [1.29, 1.82) is 5.26 Å². The highest BCUT2D eigenvalue weighted by Gasteiger charge is 2.66. The fraction of sp³-hybridized carbons (Fsp3) is 0.200. The number of rotatable bonds is 7. The van der Waals surface area contributed by atoms with E-state index < -0.39 is 66.3 Å². The molecule has 3 N–H and O–H groups in total. The molecule has 4 rings (SSSR count). The number of halogens is 7. The number of nitrogens with zero attached hydrogens (tertiary/aromatic N) is 6. The molecule has 1 aliphatic rings. The van der Waals surface area contributed by atoms with Crippen LogP contribution in [0.1, 0.15) is 29.7 Å². The fourth-order valence-electron chi connectivity index (χ4n) is 3.87. The van der Waals surface area contributed by atoms with Gasteiger partial charge in [0.05, 0.1) is 22.0 Å². The molecule has 0 radical (unpaired) electrons. The number of carboxylic acid groups (broad SMARTS) is 1. The summed E-state index contributed by atoms with van der Waals surface area (Å²) in [7, 11) is -10.2. The summed E-state index contributed by atoms with van der Waals surface area (Å²) in [6.07, 6.45) is 2.24. The summed E-state index contributed by atoms with van der Waals surface area (Å²) in [4.78, 5) is 30.6. The smallest absolute Gasteiger partial charge is 0.413 e. The van der Waals surface area contributed by atoms with Crippen molar-refractivity contribution in [3.8, 4) is 11.8 Å². The molecule has 10 nitrogen and oxygen atoms in total. The number of aromatic nitrogens is 4. The molecule has 0 unspecified atom stereocenters. The van der Waals surface area contributed by atoms with E-state index in [0.29, 0.717) is 9.58 Å². The van der Waals surface area contributed by atoms with Crippen LogP contribution in [0.25, 0.3) is 5.69 Å². The van der Waals surface area contributed by atoms with Crippen molar-refractivity contribution >= 4 is 51.2 Å². The van der Waals surface area contributed by atoms with Gasteiger partial charge in [0.15, 0.2) is 5.69 Å². The number of nitrogens with two attached hydrogens (primary N) is 1. The van der Waals surface area contributed by atoms with Crippen molar-refractivity contribution in [2.75, 3.05) is 4.90 Å². The maximum atomic E-state index is 13.4. The SMILES string of the molecule is N#Cc1nn(-c2c(Cl)cc(S(F)(F)(F)(F)F)cc2Cl)c(N(Cc2cncnc2)C(=O)O)c1C1(C(N)=O)CC1. The molecule has 0 aliphatic heterocycles. The first kappa shape index (κ1) is 27.4.